The number of fused-ring (bicyclic) bond motifs is 1. The number of carboxylic acid groups (broad SMARTS) is 1. The molecular formula is C18H20BN3O4. The van der Waals surface area contributed by atoms with Gasteiger partial charge in [-0.05, 0) is 37.7 Å². The molecule has 1 aliphatic heterocycles. The lowest BCUT2D eigenvalue weighted by Gasteiger charge is -2.23. The van der Waals surface area contributed by atoms with E-state index in [2.05, 4.69) is 16.9 Å². The van der Waals surface area contributed by atoms with Crippen LogP contribution in [0.25, 0.3) is 0 Å². The van der Waals surface area contributed by atoms with Gasteiger partial charge in [0, 0.05) is 6.20 Å². The van der Waals surface area contributed by atoms with Crippen molar-refractivity contribution in [3.63, 3.8) is 0 Å². The Morgan fingerprint density at radius 2 is 2.27 bits per heavy atom. The van der Waals surface area contributed by atoms with Crippen LogP contribution in [0.1, 0.15) is 40.9 Å². The van der Waals surface area contributed by atoms with Crippen molar-refractivity contribution in [2.75, 3.05) is 0 Å². The summed E-state index contributed by atoms with van der Waals surface area (Å²) >= 11 is 0. The molecule has 1 aromatic carbocycles. The molecule has 1 aromatic heterocycles. The van der Waals surface area contributed by atoms with Crippen molar-refractivity contribution in [3.05, 3.63) is 46.8 Å². The SMILES string of the molecule is CC(C)(N)C#Cc1cnn(Cc2ccc3c(c2C(=O)O)OB(O)CC3)c1. The van der Waals surface area contributed by atoms with Crippen LogP contribution in [0, 0.1) is 11.8 Å². The van der Waals surface area contributed by atoms with Gasteiger partial charge in [-0.2, -0.15) is 5.10 Å². The summed E-state index contributed by atoms with van der Waals surface area (Å²) in [5.41, 5.74) is 7.34. The number of aromatic nitrogens is 2. The summed E-state index contributed by atoms with van der Waals surface area (Å²) in [6.07, 6.45) is 4.37. The number of hydrogen-bond acceptors (Lipinski definition) is 5. The summed E-state index contributed by atoms with van der Waals surface area (Å²) in [6, 6.07) is 3.60. The Labute approximate surface area is 151 Å². The van der Waals surface area contributed by atoms with Gasteiger partial charge in [-0.15, -0.1) is 0 Å². The first-order chi connectivity index (χ1) is 12.2. The van der Waals surface area contributed by atoms with Gasteiger partial charge in [0.1, 0.15) is 11.3 Å². The fourth-order valence-corrected chi connectivity index (χ4v) is 2.76. The van der Waals surface area contributed by atoms with Crippen LogP contribution in [0.2, 0.25) is 6.32 Å². The molecule has 0 saturated heterocycles. The van der Waals surface area contributed by atoms with Crippen LogP contribution in [-0.2, 0) is 13.0 Å². The van der Waals surface area contributed by atoms with Gasteiger partial charge in [-0.1, -0.05) is 24.0 Å². The molecule has 26 heavy (non-hydrogen) atoms. The van der Waals surface area contributed by atoms with Crippen LogP contribution in [-0.4, -0.2) is 38.5 Å². The predicted octanol–water partition coefficient (Wildman–Crippen LogP) is 1.13. The molecule has 3 rings (SSSR count). The highest BCUT2D eigenvalue weighted by atomic mass is 16.5. The highest BCUT2D eigenvalue weighted by molar-refractivity contribution is 6.44. The summed E-state index contributed by atoms with van der Waals surface area (Å²) in [6.45, 7) is 3.87. The standard InChI is InChI=1S/C18H20BN3O4/c1-18(2,20)7-5-12-9-21-22(10-12)11-14-4-3-13-6-8-19(25)26-16(13)15(14)17(23)24/h3-4,9-10,25H,6,8,11,20H2,1-2H3,(H,23,24). The summed E-state index contributed by atoms with van der Waals surface area (Å²) in [4.78, 5) is 11.8. The molecule has 0 radical (unpaired) electrons. The first-order valence-electron chi connectivity index (χ1n) is 8.30. The molecule has 0 aliphatic carbocycles. The van der Waals surface area contributed by atoms with Gasteiger partial charge in [0.25, 0.3) is 0 Å². The second kappa shape index (κ2) is 6.86. The monoisotopic (exact) mass is 353 g/mol. The third-order valence-corrected chi connectivity index (χ3v) is 3.95. The molecule has 4 N–H and O–H groups in total. The van der Waals surface area contributed by atoms with Crippen molar-refractivity contribution < 1.29 is 19.6 Å². The molecule has 0 unspecified atom stereocenters. The average Bonchev–Trinajstić information content (AvgIpc) is 2.99. The lowest BCUT2D eigenvalue weighted by Crippen LogP contribution is -2.29. The van der Waals surface area contributed by atoms with Gasteiger partial charge in [-0.25, -0.2) is 4.79 Å². The average molecular weight is 353 g/mol. The van der Waals surface area contributed by atoms with Crippen molar-refractivity contribution in [1.29, 1.82) is 0 Å². The lowest BCUT2D eigenvalue weighted by molar-refractivity contribution is 0.0693. The van der Waals surface area contributed by atoms with E-state index < -0.39 is 18.6 Å². The number of benzene rings is 1. The molecule has 0 spiro atoms. The van der Waals surface area contributed by atoms with Crippen LogP contribution in [0.5, 0.6) is 5.75 Å². The van der Waals surface area contributed by atoms with Gasteiger partial charge in [0.2, 0.25) is 0 Å². The van der Waals surface area contributed by atoms with Crippen LogP contribution in [0.15, 0.2) is 24.5 Å². The molecule has 134 valence electrons. The molecule has 2 heterocycles. The largest absolute Gasteiger partial charge is 0.535 e. The molecule has 7 nitrogen and oxygen atoms in total. The Morgan fingerprint density at radius 1 is 1.50 bits per heavy atom. The van der Waals surface area contributed by atoms with E-state index in [4.69, 9.17) is 10.4 Å². The molecule has 0 amide bonds. The van der Waals surface area contributed by atoms with Crippen molar-refractivity contribution >= 4 is 13.1 Å². The third kappa shape index (κ3) is 4.07. The highest BCUT2D eigenvalue weighted by Crippen LogP contribution is 2.33. The molecule has 0 bridgehead atoms. The van der Waals surface area contributed by atoms with E-state index in [0.717, 1.165) is 5.56 Å². The summed E-state index contributed by atoms with van der Waals surface area (Å²) in [7, 11) is -0.984. The van der Waals surface area contributed by atoms with E-state index in [1.54, 1.807) is 23.1 Å². The molecular weight excluding hydrogens is 333 g/mol. The lowest BCUT2D eigenvalue weighted by atomic mass is 9.78. The zero-order valence-electron chi connectivity index (χ0n) is 14.7. The van der Waals surface area contributed by atoms with Crippen LogP contribution in [0.4, 0.5) is 0 Å². The maximum atomic E-state index is 11.8. The smallest absolute Gasteiger partial charge is 0.522 e. The van der Waals surface area contributed by atoms with E-state index >= 15 is 0 Å². The maximum Gasteiger partial charge on any atom is 0.522 e. The van der Waals surface area contributed by atoms with Gasteiger partial charge in [0.05, 0.1) is 23.8 Å². The predicted molar refractivity (Wildman–Crippen MR) is 97.0 cm³/mol. The van der Waals surface area contributed by atoms with Crippen molar-refractivity contribution in [2.45, 2.75) is 38.7 Å². The Kier molecular flexibility index (Phi) is 4.76. The number of nitrogens with two attached hydrogens (primary N) is 1. The van der Waals surface area contributed by atoms with E-state index in [1.165, 1.54) is 0 Å². The number of nitrogens with zero attached hydrogens (tertiary/aromatic N) is 2. The Hall–Kier alpha value is -2.76. The maximum absolute atomic E-state index is 11.8. The fraction of sp³-hybridized carbons (Fsp3) is 0.333. The van der Waals surface area contributed by atoms with E-state index in [9.17, 15) is 14.9 Å². The van der Waals surface area contributed by atoms with Crippen molar-refractivity contribution in [3.8, 4) is 17.6 Å². The van der Waals surface area contributed by atoms with Crippen molar-refractivity contribution in [1.82, 2.24) is 9.78 Å². The normalized spacial score (nSPS) is 13.5. The number of carbonyl (C=O) groups is 1. The minimum Gasteiger partial charge on any atom is -0.535 e. The molecule has 0 fully saturated rings. The van der Waals surface area contributed by atoms with Gasteiger partial charge in [0.15, 0.2) is 0 Å². The number of aryl methyl sites for hydroxylation is 1. The molecule has 0 saturated carbocycles. The summed E-state index contributed by atoms with van der Waals surface area (Å²) < 4.78 is 7.00. The Balaban J connectivity index is 1.91. The third-order valence-electron chi connectivity index (χ3n) is 3.95. The number of rotatable bonds is 3. The number of hydrogen-bond donors (Lipinski definition) is 3. The minimum atomic E-state index is -1.09. The molecule has 0 atom stereocenters. The topological polar surface area (TPSA) is 111 Å². The zero-order chi connectivity index (χ0) is 18.9. The quantitative estimate of drug-likeness (QED) is 0.564. The first-order valence-corrected chi connectivity index (χ1v) is 8.30. The number of aromatic carboxylic acids is 1. The molecule has 8 heteroatoms. The second-order valence-electron chi connectivity index (χ2n) is 6.90. The molecule has 1 aliphatic rings. The van der Waals surface area contributed by atoms with Gasteiger partial charge in [-0.3, -0.25) is 4.68 Å². The Morgan fingerprint density at radius 3 is 2.96 bits per heavy atom. The van der Waals surface area contributed by atoms with Crippen LogP contribution >= 0.6 is 0 Å². The second-order valence-corrected chi connectivity index (χ2v) is 6.90. The van der Waals surface area contributed by atoms with Crippen molar-refractivity contribution in [2.24, 2.45) is 5.73 Å². The van der Waals surface area contributed by atoms with E-state index in [0.29, 0.717) is 23.9 Å². The molecule has 2 aromatic rings. The Bertz CT molecular complexity index is 905. The van der Waals surface area contributed by atoms with Gasteiger partial charge >= 0.3 is 13.1 Å². The first kappa shape index (κ1) is 18.0. The fourth-order valence-electron chi connectivity index (χ4n) is 2.76. The minimum absolute atomic E-state index is 0.0625. The van der Waals surface area contributed by atoms with Crippen LogP contribution < -0.4 is 10.4 Å². The summed E-state index contributed by atoms with van der Waals surface area (Å²) in [5.74, 6) is 5.02. The number of carboxylic acids is 1. The van der Waals surface area contributed by atoms with E-state index in [1.807, 2.05) is 19.9 Å². The van der Waals surface area contributed by atoms with Gasteiger partial charge < -0.3 is 20.5 Å². The zero-order valence-corrected chi connectivity index (χ0v) is 14.7. The van der Waals surface area contributed by atoms with E-state index in [-0.39, 0.29) is 17.9 Å². The van der Waals surface area contributed by atoms with Crippen LogP contribution in [0.3, 0.4) is 0 Å². The highest BCUT2D eigenvalue weighted by Gasteiger charge is 2.29. The summed E-state index contributed by atoms with van der Waals surface area (Å²) in [5, 5.41) is 23.6.